The van der Waals surface area contributed by atoms with Gasteiger partial charge in [0.15, 0.2) is 0 Å². The Balaban J connectivity index is 3.14. The molecule has 0 radical (unpaired) electrons. The lowest BCUT2D eigenvalue weighted by molar-refractivity contribution is 0.0936. The van der Waals surface area contributed by atoms with Gasteiger partial charge in [0.05, 0.1) is 10.6 Å². The van der Waals surface area contributed by atoms with E-state index < -0.39 is 15.0 Å². The van der Waals surface area contributed by atoms with Gasteiger partial charge in [0.2, 0.25) is 0 Å². The van der Waals surface area contributed by atoms with Gasteiger partial charge in [0.1, 0.15) is 4.90 Å². The summed E-state index contributed by atoms with van der Waals surface area (Å²) in [5, 5.41) is 2.61. The van der Waals surface area contributed by atoms with Crippen LogP contribution in [0, 0.1) is 5.92 Å². The fourth-order valence-corrected chi connectivity index (χ4v) is 4.16. The molecule has 0 bridgehead atoms. The number of carbonyl (C=O) groups excluding carboxylic acids is 1. The summed E-state index contributed by atoms with van der Waals surface area (Å²) in [5.74, 6) is -0.00641. The van der Waals surface area contributed by atoms with Crippen molar-refractivity contribution in [2.75, 3.05) is 0 Å². The molecule has 21 heavy (non-hydrogen) atoms. The molecule has 0 aliphatic heterocycles. The summed E-state index contributed by atoms with van der Waals surface area (Å²) in [5.41, 5.74) is 0.0703. The van der Waals surface area contributed by atoms with E-state index in [2.05, 4.69) is 21.2 Å². The number of hydrogen-bond acceptors (Lipinski definition) is 3. The Morgan fingerprint density at radius 1 is 1.33 bits per heavy atom. The number of rotatable bonds is 5. The fraction of sp³-hybridized carbons (Fsp3) is 0.462. The molecule has 4 nitrogen and oxygen atoms in total. The van der Waals surface area contributed by atoms with Crippen LogP contribution in [0.3, 0.4) is 0 Å². The van der Waals surface area contributed by atoms with Crippen LogP contribution in [0.15, 0.2) is 21.5 Å². The first kappa shape index (κ1) is 18.7. The second-order valence-electron chi connectivity index (χ2n) is 5.21. The molecule has 1 aromatic carbocycles. The number of halogens is 3. The summed E-state index contributed by atoms with van der Waals surface area (Å²) >= 11 is 9.16. The van der Waals surface area contributed by atoms with E-state index in [-0.39, 0.29) is 21.5 Å². The average molecular weight is 417 g/mol. The van der Waals surface area contributed by atoms with Crippen molar-refractivity contribution in [1.82, 2.24) is 5.32 Å². The van der Waals surface area contributed by atoms with Crippen LogP contribution >= 0.6 is 38.2 Å². The first-order valence-corrected chi connectivity index (χ1v) is 9.75. The SMILES string of the molecule is CC(C)CC(C)NC(=O)c1cc(Br)cc(S(=O)(=O)Cl)c1Cl. The van der Waals surface area contributed by atoms with E-state index in [0.29, 0.717) is 10.4 Å². The van der Waals surface area contributed by atoms with Gasteiger partial charge < -0.3 is 5.32 Å². The number of carbonyl (C=O) groups is 1. The maximum absolute atomic E-state index is 12.2. The molecular formula is C13H16BrCl2NO3S. The van der Waals surface area contributed by atoms with Crippen molar-refractivity contribution in [2.45, 2.75) is 38.1 Å². The second kappa shape index (κ2) is 7.31. The highest BCUT2D eigenvalue weighted by Crippen LogP contribution is 2.31. The van der Waals surface area contributed by atoms with Crippen molar-refractivity contribution in [3.63, 3.8) is 0 Å². The summed E-state index contributed by atoms with van der Waals surface area (Å²) in [6.45, 7) is 5.98. The Hall–Kier alpha value is -0.300. The lowest BCUT2D eigenvalue weighted by atomic mass is 10.0. The average Bonchev–Trinajstić information content (AvgIpc) is 2.28. The minimum Gasteiger partial charge on any atom is -0.350 e. The van der Waals surface area contributed by atoms with Crippen molar-refractivity contribution in [3.05, 3.63) is 27.2 Å². The van der Waals surface area contributed by atoms with Crippen LogP contribution in [0.4, 0.5) is 0 Å². The van der Waals surface area contributed by atoms with Gasteiger partial charge in [-0.3, -0.25) is 4.79 Å². The Labute approximate surface area is 142 Å². The normalized spacial score (nSPS) is 13.3. The topological polar surface area (TPSA) is 63.2 Å². The van der Waals surface area contributed by atoms with Crippen LogP contribution < -0.4 is 5.32 Å². The molecule has 1 unspecified atom stereocenters. The van der Waals surface area contributed by atoms with E-state index in [9.17, 15) is 13.2 Å². The molecule has 0 fully saturated rings. The van der Waals surface area contributed by atoms with Crippen molar-refractivity contribution in [3.8, 4) is 0 Å². The van der Waals surface area contributed by atoms with Crippen molar-refractivity contribution in [1.29, 1.82) is 0 Å². The first-order chi connectivity index (χ1) is 9.52. The third-order valence-corrected chi connectivity index (χ3v) is 5.04. The minimum atomic E-state index is -4.03. The quantitative estimate of drug-likeness (QED) is 0.731. The number of hydrogen-bond donors (Lipinski definition) is 1. The van der Waals surface area contributed by atoms with E-state index in [4.69, 9.17) is 22.3 Å². The van der Waals surface area contributed by atoms with Gasteiger partial charge in [-0.1, -0.05) is 41.4 Å². The predicted octanol–water partition coefficient (Wildman–Crippen LogP) is 4.19. The zero-order valence-corrected chi connectivity index (χ0v) is 15.7. The van der Waals surface area contributed by atoms with Crippen molar-refractivity contribution >= 4 is 53.2 Å². The molecule has 1 atom stereocenters. The summed E-state index contributed by atoms with van der Waals surface area (Å²) in [6, 6.07) is 2.67. The van der Waals surface area contributed by atoms with Crippen LogP contribution in [0.25, 0.3) is 0 Å². The van der Waals surface area contributed by atoms with Crippen molar-refractivity contribution < 1.29 is 13.2 Å². The Kier molecular flexibility index (Phi) is 6.53. The third kappa shape index (κ3) is 5.43. The van der Waals surface area contributed by atoms with E-state index >= 15 is 0 Å². The molecule has 0 aliphatic carbocycles. The zero-order valence-electron chi connectivity index (χ0n) is 11.8. The second-order valence-corrected chi connectivity index (χ2v) is 9.04. The molecular weight excluding hydrogens is 401 g/mol. The number of benzene rings is 1. The Morgan fingerprint density at radius 3 is 2.38 bits per heavy atom. The molecule has 0 aromatic heterocycles. The smallest absolute Gasteiger partial charge is 0.262 e. The van der Waals surface area contributed by atoms with Gasteiger partial charge in [-0.05, 0) is 31.4 Å². The minimum absolute atomic E-state index is 0.0522. The highest BCUT2D eigenvalue weighted by Gasteiger charge is 2.23. The Bertz CT molecular complexity index is 647. The zero-order chi connectivity index (χ0) is 16.4. The largest absolute Gasteiger partial charge is 0.350 e. The summed E-state index contributed by atoms with van der Waals surface area (Å²) in [7, 11) is 1.29. The summed E-state index contributed by atoms with van der Waals surface area (Å²) in [4.78, 5) is 11.9. The molecule has 1 rings (SSSR count). The summed E-state index contributed by atoms with van der Waals surface area (Å²) in [6.07, 6.45) is 0.804. The van der Waals surface area contributed by atoms with Gasteiger partial charge in [-0.15, -0.1) is 0 Å². The van der Waals surface area contributed by atoms with Gasteiger partial charge in [-0.25, -0.2) is 8.42 Å². The lowest BCUT2D eigenvalue weighted by Gasteiger charge is -2.17. The molecule has 1 N–H and O–H groups in total. The molecule has 0 saturated carbocycles. The van der Waals surface area contributed by atoms with Crippen LogP contribution in [0.1, 0.15) is 37.6 Å². The van der Waals surface area contributed by atoms with Crippen LogP contribution in [0.2, 0.25) is 5.02 Å². The van der Waals surface area contributed by atoms with Crippen molar-refractivity contribution in [2.24, 2.45) is 5.92 Å². The van der Waals surface area contributed by atoms with Gasteiger partial charge in [0, 0.05) is 21.2 Å². The Morgan fingerprint density at radius 2 is 1.90 bits per heavy atom. The maximum atomic E-state index is 12.2. The van der Waals surface area contributed by atoms with Crippen LogP contribution in [-0.4, -0.2) is 20.4 Å². The number of nitrogens with one attached hydrogen (secondary N) is 1. The molecule has 8 heteroatoms. The van der Waals surface area contributed by atoms with Gasteiger partial charge in [0.25, 0.3) is 15.0 Å². The highest BCUT2D eigenvalue weighted by atomic mass is 79.9. The van der Waals surface area contributed by atoms with E-state index in [1.54, 1.807) is 0 Å². The third-order valence-electron chi connectivity index (χ3n) is 2.71. The molecule has 0 spiro atoms. The van der Waals surface area contributed by atoms with E-state index in [0.717, 1.165) is 6.42 Å². The summed E-state index contributed by atoms with van der Waals surface area (Å²) < 4.78 is 23.4. The highest BCUT2D eigenvalue weighted by molar-refractivity contribution is 9.10. The standard InChI is InChI=1S/C13H16BrCl2NO3S/c1-7(2)4-8(3)17-13(18)10-5-9(14)6-11(12(10)15)21(16,19)20/h5-8H,4H2,1-3H3,(H,17,18). The molecule has 0 heterocycles. The molecule has 1 amide bonds. The van der Waals surface area contributed by atoms with Gasteiger partial charge >= 0.3 is 0 Å². The lowest BCUT2D eigenvalue weighted by Crippen LogP contribution is -2.33. The predicted molar refractivity (Wildman–Crippen MR) is 88.6 cm³/mol. The molecule has 0 saturated heterocycles. The fourth-order valence-electron chi connectivity index (χ4n) is 1.97. The first-order valence-electron chi connectivity index (χ1n) is 6.27. The van der Waals surface area contributed by atoms with E-state index in [1.165, 1.54) is 12.1 Å². The molecule has 1 aromatic rings. The molecule has 0 aliphatic rings. The monoisotopic (exact) mass is 415 g/mol. The van der Waals surface area contributed by atoms with Crippen LogP contribution in [-0.2, 0) is 9.05 Å². The van der Waals surface area contributed by atoms with E-state index in [1.807, 2.05) is 20.8 Å². The maximum Gasteiger partial charge on any atom is 0.262 e. The molecule has 118 valence electrons. The van der Waals surface area contributed by atoms with Gasteiger partial charge in [-0.2, -0.15) is 0 Å². The number of amides is 1. The van der Waals surface area contributed by atoms with Crippen LogP contribution in [0.5, 0.6) is 0 Å².